The molecule has 3 rings (SSSR count). The summed E-state index contributed by atoms with van der Waals surface area (Å²) in [7, 11) is 0. The third kappa shape index (κ3) is 3.91. The Bertz CT molecular complexity index is 967. The number of nitro groups is 4. The van der Waals surface area contributed by atoms with Crippen LogP contribution in [0.1, 0.15) is 0 Å². The normalized spacial score (nSPS) is 13.7. The van der Waals surface area contributed by atoms with Crippen molar-refractivity contribution in [2.24, 2.45) is 0 Å². The van der Waals surface area contributed by atoms with Crippen molar-refractivity contribution < 1.29 is 19.7 Å². The number of nitro benzene ring substituents is 4. The highest BCUT2D eigenvalue weighted by Gasteiger charge is 2.29. The summed E-state index contributed by atoms with van der Waals surface area (Å²) in [5.74, 6) is 0. The quantitative estimate of drug-likeness (QED) is 0.500. The van der Waals surface area contributed by atoms with Crippen LogP contribution in [-0.2, 0) is 0 Å². The molecule has 0 saturated carbocycles. The molecule has 2 aromatic rings. The number of hydrogen-bond donors (Lipinski definition) is 0. The molecular formula is C16H14N6O8. The van der Waals surface area contributed by atoms with Crippen molar-refractivity contribution in [1.29, 1.82) is 0 Å². The molecule has 0 bridgehead atoms. The summed E-state index contributed by atoms with van der Waals surface area (Å²) < 4.78 is 0. The van der Waals surface area contributed by atoms with Crippen molar-refractivity contribution in [3.8, 4) is 0 Å². The first-order valence-electron chi connectivity index (χ1n) is 8.54. The number of rotatable bonds is 6. The molecule has 1 heterocycles. The second-order valence-electron chi connectivity index (χ2n) is 6.35. The van der Waals surface area contributed by atoms with Gasteiger partial charge in [-0.25, -0.2) is 0 Å². The molecule has 2 aromatic carbocycles. The number of hydrogen-bond acceptors (Lipinski definition) is 10. The smallest absolute Gasteiger partial charge is 0.299 e. The molecule has 0 aliphatic carbocycles. The first-order valence-corrected chi connectivity index (χ1v) is 8.54. The van der Waals surface area contributed by atoms with Crippen LogP contribution in [-0.4, -0.2) is 45.9 Å². The van der Waals surface area contributed by atoms with Crippen molar-refractivity contribution in [1.82, 2.24) is 0 Å². The van der Waals surface area contributed by atoms with Gasteiger partial charge in [0.15, 0.2) is 0 Å². The topological polar surface area (TPSA) is 179 Å². The molecule has 14 heteroatoms. The van der Waals surface area contributed by atoms with Crippen LogP contribution >= 0.6 is 0 Å². The number of anilines is 2. The lowest BCUT2D eigenvalue weighted by atomic mass is 10.1. The van der Waals surface area contributed by atoms with Gasteiger partial charge in [0.05, 0.1) is 31.8 Å². The van der Waals surface area contributed by atoms with Crippen LogP contribution in [0.25, 0.3) is 0 Å². The molecule has 0 radical (unpaired) electrons. The van der Waals surface area contributed by atoms with Crippen LogP contribution in [0.5, 0.6) is 0 Å². The Hall–Kier alpha value is -4.36. The molecule has 0 spiro atoms. The molecular weight excluding hydrogens is 404 g/mol. The predicted octanol–water partition coefficient (Wildman–Crippen LogP) is 2.65. The second-order valence-corrected chi connectivity index (χ2v) is 6.35. The SMILES string of the molecule is O=[N+]([O-])c1ccc(N2CCN(c3ccc([N+](=O)[O-])cc3[N+](=O)[O-])CC2)c([N+](=O)[O-])c1. The summed E-state index contributed by atoms with van der Waals surface area (Å²) >= 11 is 0. The highest BCUT2D eigenvalue weighted by Crippen LogP contribution is 2.35. The monoisotopic (exact) mass is 418 g/mol. The summed E-state index contributed by atoms with van der Waals surface area (Å²) in [6.45, 7) is 1.03. The predicted molar refractivity (Wildman–Crippen MR) is 104 cm³/mol. The van der Waals surface area contributed by atoms with Crippen LogP contribution in [0, 0.1) is 40.5 Å². The van der Waals surface area contributed by atoms with Gasteiger partial charge in [0.25, 0.3) is 22.7 Å². The van der Waals surface area contributed by atoms with Gasteiger partial charge in [0, 0.05) is 38.3 Å². The lowest BCUT2D eigenvalue weighted by Crippen LogP contribution is -2.46. The van der Waals surface area contributed by atoms with E-state index in [1.807, 2.05) is 0 Å². The Kier molecular flexibility index (Phi) is 5.39. The largest absolute Gasteiger partial charge is 0.362 e. The van der Waals surface area contributed by atoms with Crippen LogP contribution in [0.15, 0.2) is 36.4 Å². The van der Waals surface area contributed by atoms with Gasteiger partial charge in [-0.1, -0.05) is 0 Å². The minimum Gasteiger partial charge on any atom is -0.362 e. The van der Waals surface area contributed by atoms with E-state index >= 15 is 0 Å². The average Bonchev–Trinajstić information content (AvgIpc) is 2.72. The lowest BCUT2D eigenvalue weighted by molar-refractivity contribution is -0.394. The fourth-order valence-electron chi connectivity index (χ4n) is 3.27. The highest BCUT2D eigenvalue weighted by molar-refractivity contribution is 5.70. The van der Waals surface area contributed by atoms with E-state index in [-0.39, 0.29) is 37.6 Å². The van der Waals surface area contributed by atoms with Gasteiger partial charge in [0.2, 0.25) is 0 Å². The van der Waals surface area contributed by atoms with E-state index in [4.69, 9.17) is 0 Å². The molecule has 14 nitrogen and oxygen atoms in total. The molecule has 1 saturated heterocycles. The van der Waals surface area contributed by atoms with E-state index in [0.717, 1.165) is 12.1 Å². The van der Waals surface area contributed by atoms with Gasteiger partial charge in [-0.05, 0) is 12.1 Å². The summed E-state index contributed by atoms with van der Waals surface area (Å²) in [5.41, 5.74) is -1.18. The summed E-state index contributed by atoms with van der Waals surface area (Å²) in [6, 6.07) is 6.75. The second kappa shape index (κ2) is 7.94. The standard InChI is InChI=1S/C16H14N6O8/c23-19(24)11-1-3-13(15(9-11)21(27)28)17-5-7-18(8-6-17)14-4-2-12(20(25)26)10-16(14)22(29)30/h1-4,9-10H,5-8H2. The van der Waals surface area contributed by atoms with Crippen LogP contribution < -0.4 is 9.80 Å². The zero-order valence-electron chi connectivity index (χ0n) is 15.2. The molecule has 0 atom stereocenters. The third-order valence-corrected chi connectivity index (χ3v) is 4.69. The third-order valence-electron chi connectivity index (χ3n) is 4.69. The molecule has 30 heavy (non-hydrogen) atoms. The van der Waals surface area contributed by atoms with Crippen LogP contribution in [0.3, 0.4) is 0 Å². The first-order chi connectivity index (χ1) is 14.2. The van der Waals surface area contributed by atoms with Crippen molar-refractivity contribution >= 4 is 34.1 Å². The Morgan fingerprint density at radius 3 is 1.17 bits per heavy atom. The molecule has 0 amide bonds. The number of piperazine rings is 1. The summed E-state index contributed by atoms with van der Waals surface area (Å²) in [6.07, 6.45) is 0. The molecule has 1 aliphatic heterocycles. The van der Waals surface area contributed by atoms with Gasteiger partial charge >= 0.3 is 0 Å². The van der Waals surface area contributed by atoms with E-state index in [9.17, 15) is 40.5 Å². The first kappa shape index (κ1) is 20.4. The summed E-state index contributed by atoms with van der Waals surface area (Å²) in [4.78, 5) is 44.9. The Labute approximate surface area is 167 Å². The fourth-order valence-corrected chi connectivity index (χ4v) is 3.27. The van der Waals surface area contributed by atoms with Gasteiger partial charge < -0.3 is 9.80 Å². The van der Waals surface area contributed by atoms with Gasteiger partial charge in [-0.15, -0.1) is 0 Å². The highest BCUT2D eigenvalue weighted by atomic mass is 16.6. The van der Waals surface area contributed by atoms with Gasteiger partial charge in [-0.3, -0.25) is 40.5 Å². The molecule has 0 N–H and O–H groups in total. The molecule has 1 aliphatic rings. The van der Waals surface area contributed by atoms with Gasteiger partial charge in [0.1, 0.15) is 11.4 Å². The van der Waals surface area contributed by atoms with Gasteiger partial charge in [-0.2, -0.15) is 0 Å². The van der Waals surface area contributed by atoms with Crippen molar-refractivity contribution in [2.45, 2.75) is 0 Å². The van der Waals surface area contributed by atoms with Crippen molar-refractivity contribution in [3.05, 3.63) is 76.9 Å². The number of non-ortho nitro benzene ring substituents is 2. The van der Waals surface area contributed by atoms with Crippen molar-refractivity contribution in [2.75, 3.05) is 36.0 Å². The Balaban J connectivity index is 1.84. The Morgan fingerprint density at radius 1 is 0.567 bits per heavy atom. The number of benzene rings is 2. The van der Waals surface area contributed by atoms with E-state index in [0.29, 0.717) is 0 Å². The minimum atomic E-state index is -0.720. The summed E-state index contributed by atoms with van der Waals surface area (Å²) in [5, 5.41) is 44.5. The lowest BCUT2D eigenvalue weighted by Gasteiger charge is -2.36. The molecule has 1 fully saturated rings. The molecule has 0 aromatic heterocycles. The zero-order valence-corrected chi connectivity index (χ0v) is 15.2. The average molecular weight is 418 g/mol. The van der Waals surface area contributed by atoms with E-state index in [1.165, 1.54) is 24.3 Å². The maximum absolute atomic E-state index is 11.3. The zero-order chi connectivity index (χ0) is 22.0. The van der Waals surface area contributed by atoms with E-state index < -0.39 is 42.4 Å². The maximum Gasteiger partial charge on any atom is 0.299 e. The number of nitrogens with zero attached hydrogens (tertiary/aromatic N) is 6. The van der Waals surface area contributed by atoms with Crippen LogP contribution in [0.2, 0.25) is 0 Å². The van der Waals surface area contributed by atoms with E-state index in [1.54, 1.807) is 9.80 Å². The Morgan fingerprint density at radius 2 is 0.900 bits per heavy atom. The minimum absolute atomic E-state index is 0.212. The molecule has 156 valence electrons. The van der Waals surface area contributed by atoms with Crippen LogP contribution in [0.4, 0.5) is 34.1 Å². The fraction of sp³-hybridized carbons (Fsp3) is 0.250. The van der Waals surface area contributed by atoms with E-state index in [2.05, 4.69) is 0 Å². The molecule has 0 unspecified atom stereocenters. The maximum atomic E-state index is 11.3. The van der Waals surface area contributed by atoms with Crippen molar-refractivity contribution in [3.63, 3.8) is 0 Å².